The second kappa shape index (κ2) is 51.1. The Balaban J connectivity index is 2.77. The topological polar surface area (TPSA) is 74.6 Å². The molecule has 0 bridgehead atoms. The predicted octanol–water partition coefficient (Wildman–Crippen LogP) is 16.4. The first-order valence-corrected chi connectivity index (χ1v) is 30.1. The monoisotopic (exact) mass is 937 g/mol. The van der Waals surface area contributed by atoms with E-state index < -0.39 is 6.29 Å². The van der Waals surface area contributed by atoms with Crippen molar-refractivity contribution in [1.29, 1.82) is 0 Å². The molecule has 0 saturated heterocycles. The highest BCUT2D eigenvalue weighted by Crippen LogP contribution is 2.24. The summed E-state index contributed by atoms with van der Waals surface area (Å²) in [6.07, 6.45) is 52.4. The minimum absolute atomic E-state index is 0.0779. The van der Waals surface area contributed by atoms with E-state index in [9.17, 15) is 10.2 Å². The number of rotatable bonds is 54. The molecule has 0 aromatic heterocycles. The Morgan fingerprint density at radius 2 is 0.894 bits per heavy atom. The van der Waals surface area contributed by atoms with Crippen molar-refractivity contribution in [2.24, 2.45) is 5.92 Å². The summed E-state index contributed by atoms with van der Waals surface area (Å²) in [7, 11) is 0. The molecule has 396 valence electrons. The molecule has 3 atom stereocenters. The molecule has 0 heterocycles. The minimum atomic E-state index is -0.650. The maximum atomic E-state index is 10.9. The number of unbranched alkanes of at least 4 members (excludes halogenated alkanes) is 28. The van der Waals surface area contributed by atoms with E-state index in [1.54, 1.807) is 0 Å². The maximum Gasteiger partial charge on any atom is 0.154 e. The first kappa shape index (κ1) is 63.7. The van der Waals surface area contributed by atoms with Gasteiger partial charge >= 0.3 is 0 Å². The highest BCUT2D eigenvalue weighted by atomic mass is 16.6. The fourth-order valence-corrected chi connectivity index (χ4v) is 10.3. The lowest BCUT2D eigenvalue weighted by molar-refractivity contribution is -0.115. The molecule has 1 fully saturated rings. The Morgan fingerprint density at radius 3 is 1.42 bits per heavy atom. The molecule has 2 N–H and O–H groups in total. The van der Waals surface area contributed by atoms with Crippen LogP contribution in [0.3, 0.4) is 0 Å². The second-order valence-corrected chi connectivity index (χ2v) is 21.2. The molecule has 0 radical (unpaired) electrons. The Hall–Kier alpha value is -0.280. The molecule has 0 spiro atoms. The van der Waals surface area contributed by atoms with Crippen LogP contribution in [0.4, 0.5) is 0 Å². The van der Waals surface area contributed by atoms with E-state index in [1.165, 1.54) is 225 Å². The Labute approximate surface area is 413 Å². The smallest absolute Gasteiger partial charge is 0.154 e. The van der Waals surface area contributed by atoms with Crippen molar-refractivity contribution in [3.63, 3.8) is 0 Å². The first-order valence-electron chi connectivity index (χ1n) is 30.1. The van der Waals surface area contributed by atoms with Crippen LogP contribution in [0.5, 0.6) is 0 Å². The molecule has 0 aliphatic heterocycles. The third kappa shape index (κ3) is 41.5. The van der Waals surface area contributed by atoms with Crippen LogP contribution in [0.15, 0.2) is 0 Å². The van der Waals surface area contributed by atoms with E-state index >= 15 is 0 Å². The van der Waals surface area contributed by atoms with Crippen molar-refractivity contribution in [2.45, 2.75) is 309 Å². The first-order chi connectivity index (χ1) is 32.6. The minimum Gasteiger partial charge on any atom is -0.395 e. The highest BCUT2D eigenvalue weighted by molar-refractivity contribution is 4.78. The summed E-state index contributed by atoms with van der Waals surface area (Å²) < 4.78 is 19.3. The quantitative estimate of drug-likeness (QED) is 0.0465. The van der Waals surface area contributed by atoms with Gasteiger partial charge in [-0.2, -0.15) is 0 Å². The van der Waals surface area contributed by atoms with E-state index in [4.69, 9.17) is 14.2 Å². The number of aliphatic hydroxyl groups is 2. The molecule has 0 aromatic rings. The molecule has 66 heavy (non-hydrogen) atoms. The lowest BCUT2D eigenvalue weighted by atomic mass is 9.94. The summed E-state index contributed by atoms with van der Waals surface area (Å²) in [6.45, 7) is 17.2. The Kier molecular flexibility index (Phi) is 49.3. The summed E-state index contributed by atoms with van der Waals surface area (Å²) in [4.78, 5) is 5.24. The average molecular weight is 938 g/mol. The van der Waals surface area contributed by atoms with Crippen LogP contribution in [0.25, 0.3) is 0 Å². The zero-order valence-electron chi connectivity index (χ0n) is 45.4. The zero-order chi connectivity index (χ0) is 47.6. The van der Waals surface area contributed by atoms with Gasteiger partial charge in [-0.25, -0.2) is 0 Å². The van der Waals surface area contributed by atoms with Gasteiger partial charge in [-0.15, -0.1) is 0 Å². The average Bonchev–Trinajstić information content (AvgIpc) is 3.33. The van der Waals surface area contributed by atoms with Crippen molar-refractivity contribution in [3.05, 3.63) is 0 Å². The number of aliphatic hydroxyl groups excluding tert-OH is 2. The van der Waals surface area contributed by atoms with Gasteiger partial charge in [0.15, 0.2) is 6.29 Å². The summed E-state index contributed by atoms with van der Waals surface area (Å²) in [5, 5.41) is 21.0. The van der Waals surface area contributed by atoms with Crippen molar-refractivity contribution in [2.75, 3.05) is 65.8 Å². The fourth-order valence-electron chi connectivity index (χ4n) is 10.3. The van der Waals surface area contributed by atoms with Gasteiger partial charge in [-0.05, 0) is 70.3 Å². The lowest BCUT2D eigenvalue weighted by Gasteiger charge is -2.36. The van der Waals surface area contributed by atoms with Crippen molar-refractivity contribution in [1.82, 2.24) is 9.80 Å². The molecule has 7 heteroatoms. The van der Waals surface area contributed by atoms with Crippen LogP contribution < -0.4 is 0 Å². The second-order valence-electron chi connectivity index (χ2n) is 21.2. The van der Waals surface area contributed by atoms with Crippen molar-refractivity contribution < 1.29 is 24.4 Å². The van der Waals surface area contributed by atoms with Gasteiger partial charge in [0.2, 0.25) is 0 Å². The fraction of sp³-hybridized carbons (Fsp3) is 1.00. The van der Waals surface area contributed by atoms with Gasteiger partial charge in [0.1, 0.15) is 0 Å². The molecule has 1 aliphatic rings. The van der Waals surface area contributed by atoms with E-state index in [2.05, 4.69) is 37.5 Å². The molecule has 1 saturated carbocycles. The van der Waals surface area contributed by atoms with E-state index in [1.807, 2.05) is 0 Å². The summed E-state index contributed by atoms with van der Waals surface area (Å²) in [5.74, 6) is 0.578. The van der Waals surface area contributed by atoms with Crippen molar-refractivity contribution >= 4 is 0 Å². The molecule has 1 aliphatic carbocycles. The normalized spacial score (nSPS) is 15.1. The summed E-state index contributed by atoms with van der Waals surface area (Å²) in [5.41, 5.74) is 0. The van der Waals surface area contributed by atoms with Gasteiger partial charge in [0, 0.05) is 45.4 Å². The number of ether oxygens (including phenoxy) is 3. The third-order valence-corrected chi connectivity index (χ3v) is 14.8. The van der Waals surface area contributed by atoms with Crippen LogP contribution >= 0.6 is 0 Å². The lowest BCUT2D eigenvalue weighted by Crippen LogP contribution is -2.45. The molecular weight excluding hydrogens is 817 g/mol. The van der Waals surface area contributed by atoms with Crippen LogP contribution in [-0.4, -0.2) is 104 Å². The molecule has 7 nitrogen and oxygen atoms in total. The maximum absolute atomic E-state index is 10.9. The largest absolute Gasteiger partial charge is 0.395 e. The van der Waals surface area contributed by atoms with Gasteiger partial charge < -0.3 is 24.4 Å². The van der Waals surface area contributed by atoms with Crippen LogP contribution in [0.1, 0.15) is 291 Å². The zero-order valence-corrected chi connectivity index (χ0v) is 45.4. The number of hydrogen-bond acceptors (Lipinski definition) is 7. The highest BCUT2D eigenvalue weighted by Gasteiger charge is 2.23. The van der Waals surface area contributed by atoms with Crippen LogP contribution in [0, 0.1) is 5.92 Å². The van der Waals surface area contributed by atoms with E-state index in [-0.39, 0.29) is 12.7 Å². The van der Waals surface area contributed by atoms with E-state index in [0.29, 0.717) is 25.2 Å². The summed E-state index contributed by atoms with van der Waals surface area (Å²) >= 11 is 0. The third-order valence-electron chi connectivity index (χ3n) is 14.8. The van der Waals surface area contributed by atoms with Gasteiger partial charge in [-0.3, -0.25) is 9.80 Å². The number of nitrogens with zero attached hydrogens (tertiary/aromatic N) is 2. The molecule has 0 amide bonds. The van der Waals surface area contributed by atoms with Crippen LogP contribution in [-0.2, 0) is 14.2 Å². The Bertz CT molecular complexity index is 921. The molecule has 3 unspecified atom stereocenters. The standard InChI is InChI=1S/C59H120N2O5/c1-5-9-13-17-20-22-24-26-29-39-51-64-55-58(65-52-40-30-27-25-23-21-18-14-10-6-2)53-60(47-48-61(49-50-62)57-43-35-31-36-44-57)46-38-32-37-45-59(63)66-54-56(41-33-16-12-8-4)42-34-28-19-15-11-7-3/h56-59,62-63H,5-55H2,1-4H3. The molecule has 0 aromatic carbocycles. The van der Waals surface area contributed by atoms with Gasteiger partial charge in [0.05, 0.1) is 25.9 Å². The molecular formula is C59H120N2O5. The summed E-state index contributed by atoms with van der Waals surface area (Å²) in [6, 6.07) is 0.601. The number of hydrogen-bond donors (Lipinski definition) is 2. The van der Waals surface area contributed by atoms with Crippen LogP contribution in [0.2, 0.25) is 0 Å². The van der Waals surface area contributed by atoms with E-state index in [0.717, 1.165) is 84.5 Å². The molecule has 1 rings (SSSR count). The predicted molar refractivity (Wildman–Crippen MR) is 287 cm³/mol. The van der Waals surface area contributed by atoms with Gasteiger partial charge in [0.25, 0.3) is 0 Å². The Morgan fingerprint density at radius 1 is 0.439 bits per heavy atom. The SMILES string of the molecule is CCCCCCCCCCCCOCC(CN(CCCCCC(O)OCC(CCCCCC)CCCCCCCC)CCN(CCO)C1CCCCC1)OCCCCCCCCCCCC. The van der Waals surface area contributed by atoms with Crippen molar-refractivity contribution in [3.8, 4) is 0 Å². The van der Waals surface area contributed by atoms with Gasteiger partial charge in [-0.1, -0.05) is 233 Å².